The monoisotopic (exact) mass is 494 g/mol. The number of nitrogens with zero attached hydrogens (tertiary/aromatic N) is 6. The standard InChI is InChI=1S/C22H23BrN8O/c1-2-19(32)26-15-4-5-17-18(10-15)21(30-7-3-8-30)29-28-20(17)31-9-6-16(13-31)27-22-24-11-14(23)12-25-22/h2,4-5,10-12,16H,1,3,6-9,13H2,(H,26,32)(H,24,25,27)/t16-/m1/s1. The Morgan fingerprint density at radius 2 is 1.84 bits per heavy atom. The molecule has 2 aliphatic rings. The molecule has 9 nitrogen and oxygen atoms in total. The van der Waals surface area contributed by atoms with E-state index in [2.05, 4.69) is 63.1 Å². The number of benzene rings is 1. The first kappa shape index (κ1) is 20.6. The van der Waals surface area contributed by atoms with E-state index in [0.29, 0.717) is 5.95 Å². The first-order chi connectivity index (χ1) is 15.6. The average Bonchev–Trinajstić information content (AvgIpc) is 3.22. The van der Waals surface area contributed by atoms with Crippen molar-refractivity contribution >= 4 is 55.9 Å². The molecule has 1 aromatic carbocycles. The van der Waals surface area contributed by atoms with E-state index in [4.69, 9.17) is 0 Å². The van der Waals surface area contributed by atoms with E-state index in [1.807, 2.05) is 18.2 Å². The van der Waals surface area contributed by atoms with Crippen molar-refractivity contribution in [2.24, 2.45) is 0 Å². The van der Waals surface area contributed by atoms with Crippen LogP contribution in [0.25, 0.3) is 10.8 Å². The number of hydrogen-bond acceptors (Lipinski definition) is 8. The molecule has 0 bridgehead atoms. The van der Waals surface area contributed by atoms with Gasteiger partial charge in [0.05, 0.1) is 4.47 Å². The number of rotatable bonds is 6. The molecular weight excluding hydrogens is 472 g/mol. The second kappa shape index (κ2) is 8.70. The Bertz CT molecular complexity index is 1160. The van der Waals surface area contributed by atoms with Crippen molar-refractivity contribution in [2.75, 3.05) is 46.6 Å². The Morgan fingerprint density at radius 3 is 2.53 bits per heavy atom. The predicted octanol–water partition coefficient (Wildman–Crippen LogP) is 3.21. The van der Waals surface area contributed by atoms with E-state index in [0.717, 1.165) is 71.6 Å². The van der Waals surface area contributed by atoms with Crippen molar-refractivity contribution in [2.45, 2.75) is 18.9 Å². The first-order valence-corrected chi connectivity index (χ1v) is 11.4. The van der Waals surface area contributed by atoms with Crippen molar-refractivity contribution in [1.29, 1.82) is 0 Å². The average molecular weight is 495 g/mol. The highest BCUT2D eigenvalue weighted by Crippen LogP contribution is 2.35. The summed E-state index contributed by atoms with van der Waals surface area (Å²) in [4.78, 5) is 24.9. The van der Waals surface area contributed by atoms with Crippen LogP contribution in [0.3, 0.4) is 0 Å². The summed E-state index contributed by atoms with van der Waals surface area (Å²) in [6.07, 6.45) is 6.83. The lowest BCUT2D eigenvalue weighted by atomic mass is 10.1. The van der Waals surface area contributed by atoms with Gasteiger partial charge in [-0.2, -0.15) is 0 Å². The Hall–Kier alpha value is -3.27. The molecule has 32 heavy (non-hydrogen) atoms. The van der Waals surface area contributed by atoms with E-state index in [-0.39, 0.29) is 11.9 Å². The van der Waals surface area contributed by atoms with E-state index in [1.165, 1.54) is 6.08 Å². The normalized spacial score (nSPS) is 17.8. The zero-order valence-electron chi connectivity index (χ0n) is 17.5. The van der Waals surface area contributed by atoms with Crippen molar-refractivity contribution in [3.63, 3.8) is 0 Å². The number of hydrogen-bond donors (Lipinski definition) is 2. The number of nitrogens with one attached hydrogen (secondary N) is 2. The summed E-state index contributed by atoms with van der Waals surface area (Å²) in [5.41, 5.74) is 0.719. The Morgan fingerprint density at radius 1 is 1.09 bits per heavy atom. The van der Waals surface area contributed by atoms with Crippen molar-refractivity contribution in [1.82, 2.24) is 20.2 Å². The van der Waals surface area contributed by atoms with Crippen LogP contribution >= 0.6 is 15.9 Å². The highest BCUT2D eigenvalue weighted by Gasteiger charge is 2.28. The van der Waals surface area contributed by atoms with Crippen LogP contribution < -0.4 is 20.4 Å². The largest absolute Gasteiger partial charge is 0.354 e. The molecule has 0 radical (unpaired) electrons. The number of amides is 1. The lowest BCUT2D eigenvalue weighted by Crippen LogP contribution is -2.38. The van der Waals surface area contributed by atoms with E-state index >= 15 is 0 Å². The van der Waals surface area contributed by atoms with Gasteiger partial charge in [0, 0.05) is 61.1 Å². The van der Waals surface area contributed by atoms with Gasteiger partial charge in [-0.15, -0.1) is 10.2 Å². The van der Waals surface area contributed by atoms with Crippen LogP contribution in [0.5, 0.6) is 0 Å². The van der Waals surface area contributed by atoms with E-state index in [1.54, 1.807) is 12.4 Å². The van der Waals surface area contributed by atoms with Gasteiger partial charge in [-0.3, -0.25) is 4.79 Å². The Kier molecular flexibility index (Phi) is 5.60. The SMILES string of the molecule is C=CC(=O)Nc1ccc2c(N3CC[C@@H](Nc4ncc(Br)cn4)C3)nnc(N3CCC3)c2c1. The van der Waals surface area contributed by atoms with Gasteiger partial charge in [-0.05, 0) is 53.0 Å². The van der Waals surface area contributed by atoms with Gasteiger partial charge in [-0.25, -0.2) is 9.97 Å². The van der Waals surface area contributed by atoms with Crippen molar-refractivity contribution in [3.8, 4) is 0 Å². The molecule has 0 saturated carbocycles. The molecule has 0 spiro atoms. The van der Waals surface area contributed by atoms with Gasteiger partial charge in [0.25, 0.3) is 0 Å². The van der Waals surface area contributed by atoms with Crippen LogP contribution in [-0.2, 0) is 4.79 Å². The zero-order valence-corrected chi connectivity index (χ0v) is 19.0. The number of fused-ring (bicyclic) bond motifs is 1. The van der Waals surface area contributed by atoms with Crippen LogP contribution in [0.15, 0.2) is 47.7 Å². The van der Waals surface area contributed by atoms with Crippen LogP contribution in [0, 0.1) is 0 Å². The van der Waals surface area contributed by atoms with Crippen LogP contribution in [0.4, 0.5) is 23.3 Å². The minimum atomic E-state index is -0.235. The van der Waals surface area contributed by atoms with Gasteiger partial charge in [0.1, 0.15) is 0 Å². The number of aromatic nitrogens is 4. The highest BCUT2D eigenvalue weighted by atomic mass is 79.9. The quantitative estimate of drug-likeness (QED) is 0.504. The maximum atomic E-state index is 11.8. The molecule has 1 amide bonds. The number of carbonyl (C=O) groups excluding carboxylic acids is 1. The summed E-state index contributed by atoms with van der Waals surface area (Å²) in [7, 11) is 0. The van der Waals surface area contributed by atoms with E-state index < -0.39 is 0 Å². The molecule has 2 fully saturated rings. The fourth-order valence-electron chi connectivity index (χ4n) is 4.03. The molecule has 2 saturated heterocycles. The molecular formula is C22H23BrN8O. The van der Waals surface area contributed by atoms with Crippen LogP contribution in [0.1, 0.15) is 12.8 Å². The third-order valence-corrected chi connectivity index (χ3v) is 6.20. The highest BCUT2D eigenvalue weighted by molar-refractivity contribution is 9.10. The molecule has 1 atom stereocenters. The zero-order chi connectivity index (χ0) is 22.1. The third kappa shape index (κ3) is 4.10. The summed E-state index contributed by atoms with van der Waals surface area (Å²) in [6.45, 7) is 7.10. The second-order valence-electron chi connectivity index (χ2n) is 7.94. The van der Waals surface area contributed by atoms with Gasteiger partial charge < -0.3 is 20.4 Å². The van der Waals surface area contributed by atoms with Crippen molar-refractivity contribution in [3.05, 3.63) is 47.7 Å². The van der Waals surface area contributed by atoms with Crippen LogP contribution in [0.2, 0.25) is 0 Å². The van der Waals surface area contributed by atoms with E-state index in [9.17, 15) is 4.79 Å². The lowest BCUT2D eigenvalue weighted by Gasteiger charge is -2.33. The molecule has 10 heteroatoms. The minimum Gasteiger partial charge on any atom is -0.354 e. The fraction of sp³-hybridized carbons (Fsp3) is 0.318. The smallest absolute Gasteiger partial charge is 0.247 e. The maximum absolute atomic E-state index is 11.8. The molecule has 4 heterocycles. The first-order valence-electron chi connectivity index (χ1n) is 10.6. The van der Waals surface area contributed by atoms with Gasteiger partial charge >= 0.3 is 0 Å². The second-order valence-corrected chi connectivity index (χ2v) is 8.86. The summed E-state index contributed by atoms with van der Waals surface area (Å²) in [5, 5.41) is 17.5. The minimum absolute atomic E-state index is 0.217. The molecule has 164 valence electrons. The van der Waals surface area contributed by atoms with Crippen LogP contribution in [-0.4, -0.2) is 58.3 Å². The lowest BCUT2D eigenvalue weighted by molar-refractivity contribution is -0.111. The summed E-state index contributed by atoms with van der Waals surface area (Å²) >= 11 is 3.36. The Labute approximate surface area is 194 Å². The molecule has 0 unspecified atom stereocenters. The molecule has 0 aliphatic carbocycles. The summed E-state index contributed by atoms with van der Waals surface area (Å²) in [6, 6.07) is 6.11. The molecule has 2 aliphatic heterocycles. The number of anilines is 4. The molecule has 3 aromatic rings. The molecule has 5 rings (SSSR count). The predicted molar refractivity (Wildman–Crippen MR) is 129 cm³/mol. The Balaban J connectivity index is 1.42. The third-order valence-electron chi connectivity index (χ3n) is 5.79. The fourth-order valence-corrected chi connectivity index (χ4v) is 4.24. The maximum Gasteiger partial charge on any atom is 0.247 e. The molecule has 2 aromatic heterocycles. The molecule has 2 N–H and O–H groups in total. The topological polar surface area (TPSA) is 99.2 Å². The van der Waals surface area contributed by atoms with Gasteiger partial charge in [0.15, 0.2) is 11.6 Å². The summed E-state index contributed by atoms with van der Waals surface area (Å²) in [5.74, 6) is 2.10. The number of carbonyl (C=O) groups is 1. The van der Waals surface area contributed by atoms with Gasteiger partial charge in [-0.1, -0.05) is 6.58 Å². The summed E-state index contributed by atoms with van der Waals surface area (Å²) < 4.78 is 0.851. The number of halogens is 1. The van der Waals surface area contributed by atoms with Gasteiger partial charge in [0.2, 0.25) is 11.9 Å². The van der Waals surface area contributed by atoms with Crippen molar-refractivity contribution < 1.29 is 4.79 Å².